The summed E-state index contributed by atoms with van der Waals surface area (Å²) in [4.78, 5) is 0. The molecule has 0 aromatic carbocycles. The van der Waals surface area contributed by atoms with E-state index in [1.165, 1.54) is 0 Å². The van der Waals surface area contributed by atoms with Gasteiger partial charge in [0.05, 0.1) is 11.7 Å². The highest BCUT2D eigenvalue weighted by atomic mass is 16.5. The Hall–Kier alpha value is -0.0800. The fourth-order valence-corrected chi connectivity index (χ4v) is 2.86. The minimum Gasteiger partial charge on any atom is -0.390 e. The molecule has 0 saturated heterocycles. The second-order valence-corrected chi connectivity index (χ2v) is 8.05. The Morgan fingerprint density at radius 2 is 1.61 bits per heavy atom. The first-order chi connectivity index (χ1) is 8.10. The molecular formula is C16H32O2. The van der Waals surface area contributed by atoms with Crippen LogP contribution in [-0.4, -0.2) is 23.9 Å². The van der Waals surface area contributed by atoms with Gasteiger partial charge in [-0.05, 0) is 49.4 Å². The van der Waals surface area contributed by atoms with Crippen LogP contribution in [-0.2, 0) is 4.74 Å². The average Bonchev–Trinajstić information content (AvgIpc) is 2.26. The van der Waals surface area contributed by atoms with Gasteiger partial charge in [-0.1, -0.05) is 34.6 Å². The van der Waals surface area contributed by atoms with Crippen molar-refractivity contribution in [2.75, 3.05) is 7.11 Å². The highest BCUT2D eigenvalue weighted by Crippen LogP contribution is 2.44. The Bertz CT molecular complexity index is 253. The molecule has 1 aliphatic carbocycles. The Balaban J connectivity index is 2.60. The van der Waals surface area contributed by atoms with Crippen LogP contribution in [0.4, 0.5) is 0 Å². The maximum Gasteiger partial charge on any atom is 0.0936 e. The second kappa shape index (κ2) is 5.50. The van der Waals surface area contributed by atoms with Crippen LogP contribution in [0.2, 0.25) is 0 Å². The summed E-state index contributed by atoms with van der Waals surface area (Å²) in [6.45, 7) is 11.3. The van der Waals surface area contributed by atoms with Gasteiger partial charge in [-0.15, -0.1) is 0 Å². The highest BCUT2D eigenvalue weighted by Gasteiger charge is 2.43. The molecule has 0 bridgehead atoms. The number of rotatable bonds is 4. The molecule has 0 aliphatic heterocycles. The minimum atomic E-state index is -0.321. The Kier molecular flexibility index (Phi) is 4.88. The van der Waals surface area contributed by atoms with Crippen molar-refractivity contribution in [1.82, 2.24) is 0 Å². The van der Waals surface area contributed by atoms with E-state index in [1.54, 1.807) is 7.11 Å². The topological polar surface area (TPSA) is 29.5 Å². The lowest BCUT2D eigenvalue weighted by Crippen LogP contribution is -2.48. The zero-order valence-corrected chi connectivity index (χ0v) is 13.2. The first kappa shape index (κ1) is 16.0. The summed E-state index contributed by atoms with van der Waals surface area (Å²) in [6, 6.07) is 0. The van der Waals surface area contributed by atoms with Gasteiger partial charge in [-0.2, -0.15) is 0 Å². The third-order valence-electron chi connectivity index (χ3n) is 4.63. The third-order valence-corrected chi connectivity index (χ3v) is 4.63. The van der Waals surface area contributed by atoms with Gasteiger partial charge in [-0.25, -0.2) is 0 Å². The molecule has 1 saturated carbocycles. The van der Waals surface area contributed by atoms with E-state index >= 15 is 0 Å². The average molecular weight is 256 g/mol. The standard InChI is InChI=1S/C16H32O2/c1-14(2,3)8-7-13(17)16(18-6)11-9-15(4,5)10-12-16/h13,17H,7-12H2,1-6H3. The Labute approximate surface area is 113 Å². The van der Waals surface area contributed by atoms with Crippen molar-refractivity contribution in [3.8, 4) is 0 Å². The van der Waals surface area contributed by atoms with E-state index in [0.717, 1.165) is 38.5 Å². The van der Waals surface area contributed by atoms with Crippen LogP contribution in [0.3, 0.4) is 0 Å². The summed E-state index contributed by atoms with van der Waals surface area (Å²) < 4.78 is 5.75. The van der Waals surface area contributed by atoms with Crippen LogP contribution >= 0.6 is 0 Å². The van der Waals surface area contributed by atoms with E-state index in [2.05, 4.69) is 34.6 Å². The molecule has 0 spiro atoms. The molecule has 18 heavy (non-hydrogen) atoms. The van der Waals surface area contributed by atoms with Gasteiger partial charge in [0.1, 0.15) is 0 Å². The van der Waals surface area contributed by atoms with Gasteiger partial charge >= 0.3 is 0 Å². The number of aliphatic hydroxyl groups is 1. The lowest BCUT2D eigenvalue weighted by atomic mass is 9.68. The summed E-state index contributed by atoms with van der Waals surface area (Å²) in [7, 11) is 1.76. The number of hydrogen-bond donors (Lipinski definition) is 1. The van der Waals surface area contributed by atoms with Crippen LogP contribution in [0.15, 0.2) is 0 Å². The molecule has 0 heterocycles. The normalized spacial score (nSPS) is 24.8. The van der Waals surface area contributed by atoms with Gasteiger partial charge in [0.2, 0.25) is 0 Å². The van der Waals surface area contributed by atoms with Crippen molar-refractivity contribution in [2.24, 2.45) is 10.8 Å². The zero-order chi connectivity index (χ0) is 14.0. The van der Waals surface area contributed by atoms with Gasteiger partial charge in [-0.3, -0.25) is 0 Å². The smallest absolute Gasteiger partial charge is 0.0936 e. The first-order valence-corrected chi connectivity index (χ1v) is 7.34. The predicted molar refractivity (Wildman–Crippen MR) is 76.7 cm³/mol. The van der Waals surface area contributed by atoms with Crippen LogP contribution in [0.1, 0.15) is 73.1 Å². The summed E-state index contributed by atoms with van der Waals surface area (Å²) in [5.74, 6) is 0. The molecule has 0 radical (unpaired) electrons. The van der Waals surface area contributed by atoms with Crippen molar-refractivity contribution in [1.29, 1.82) is 0 Å². The van der Waals surface area contributed by atoms with Gasteiger partial charge < -0.3 is 9.84 Å². The third kappa shape index (κ3) is 4.24. The molecule has 2 nitrogen and oxygen atoms in total. The molecule has 0 aromatic rings. The van der Waals surface area contributed by atoms with Crippen molar-refractivity contribution in [3.63, 3.8) is 0 Å². The Morgan fingerprint density at radius 1 is 1.11 bits per heavy atom. The summed E-state index contributed by atoms with van der Waals surface area (Å²) >= 11 is 0. The van der Waals surface area contributed by atoms with Gasteiger partial charge in [0.15, 0.2) is 0 Å². The van der Waals surface area contributed by atoms with E-state index in [0.29, 0.717) is 5.41 Å². The minimum absolute atomic E-state index is 0.282. The van der Waals surface area contributed by atoms with Crippen molar-refractivity contribution in [2.45, 2.75) is 84.8 Å². The molecule has 1 aliphatic rings. The summed E-state index contributed by atoms with van der Waals surface area (Å²) in [6.07, 6.45) is 5.84. The SMILES string of the molecule is COC1(C(O)CCC(C)(C)C)CCC(C)(C)CC1. The van der Waals surface area contributed by atoms with E-state index in [9.17, 15) is 5.11 Å². The highest BCUT2D eigenvalue weighted by molar-refractivity contribution is 4.95. The van der Waals surface area contributed by atoms with Crippen LogP contribution < -0.4 is 0 Å². The molecule has 108 valence electrons. The van der Waals surface area contributed by atoms with Crippen molar-refractivity contribution >= 4 is 0 Å². The summed E-state index contributed by atoms with van der Waals surface area (Å²) in [5.41, 5.74) is 0.399. The summed E-state index contributed by atoms with van der Waals surface area (Å²) in [5, 5.41) is 10.5. The molecule has 1 rings (SSSR count). The van der Waals surface area contributed by atoms with Crippen LogP contribution in [0.5, 0.6) is 0 Å². The van der Waals surface area contributed by atoms with E-state index in [1.807, 2.05) is 0 Å². The maximum atomic E-state index is 10.5. The molecule has 0 aromatic heterocycles. The van der Waals surface area contributed by atoms with Crippen molar-refractivity contribution in [3.05, 3.63) is 0 Å². The maximum absolute atomic E-state index is 10.5. The quantitative estimate of drug-likeness (QED) is 0.818. The van der Waals surface area contributed by atoms with Crippen LogP contribution in [0.25, 0.3) is 0 Å². The largest absolute Gasteiger partial charge is 0.390 e. The molecular weight excluding hydrogens is 224 g/mol. The fourth-order valence-electron chi connectivity index (χ4n) is 2.86. The lowest BCUT2D eigenvalue weighted by Gasteiger charge is -2.45. The Morgan fingerprint density at radius 3 is 2.00 bits per heavy atom. The first-order valence-electron chi connectivity index (χ1n) is 7.34. The lowest BCUT2D eigenvalue weighted by molar-refractivity contribution is -0.139. The number of ether oxygens (including phenoxy) is 1. The van der Waals surface area contributed by atoms with Crippen LogP contribution in [0, 0.1) is 10.8 Å². The second-order valence-electron chi connectivity index (χ2n) is 8.05. The zero-order valence-electron chi connectivity index (χ0n) is 13.2. The molecule has 1 atom stereocenters. The molecule has 1 fully saturated rings. The van der Waals surface area contributed by atoms with Crippen molar-refractivity contribution < 1.29 is 9.84 Å². The van der Waals surface area contributed by atoms with Gasteiger partial charge in [0, 0.05) is 7.11 Å². The molecule has 0 amide bonds. The van der Waals surface area contributed by atoms with E-state index in [4.69, 9.17) is 4.74 Å². The molecule has 1 N–H and O–H groups in total. The van der Waals surface area contributed by atoms with E-state index in [-0.39, 0.29) is 17.1 Å². The number of methoxy groups -OCH3 is 1. The fraction of sp³-hybridized carbons (Fsp3) is 1.00. The molecule has 2 heteroatoms. The monoisotopic (exact) mass is 256 g/mol. The number of aliphatic hydroxyl groups excluding tert-OH is 1. The molecule has 1 unspecified atom stereocenters. The van der Waals surface area contributed by atoms with E-state index < -0.39 is 0 Å². The number of hydrogen-bond acceptors (Lipinski definition) is 2. The predicted octanol–water partition coefficient (Wildman–Crippen LogP) is 4.16. The van der Waals surface area contributed by atoms with Gasteiger partial charge in [0.25, 0.3) is 0 Å².